The predicted octanol–water partition coefficient (Wildman–Crippen LogP) is 3.01. The number of hydrogen-bond acceptors (Lipinski definition) is 4. The van der Waals surface area contributed by atoms with E-state index in [4.69, 9.17) is 0 Å². The third-order valence-electron chi connectivity index (χ3n) is 3.65. The van der Waals surface area contributed by atoms with Crippen LogP contribution in [0.15, 0.2) is 35.0 Å². The molecule has 3 nitrogen and oxygen atoms in total. The average Bonchev–Trinajstić information content (AvgIpc) is 2.97. The van der Waals surface area contributed by atoms with Crippen LogP contribution in [0.2, 0.25) is 0 Å². The van der Waals surface area contributed by atoms with E-state index in [1.165, 1.54) is 6.07 Å². The van der Waals surface area contributed by atoms with Crippen molar-refractivity contribution in [3.8, 4) is 5.75 Å². The van der Waals surface area contributed by atoms with E-state index in [2.05, 4.69) is 15.6 Å². The van der Waals surface area contributed by atoms with E-state index in [0.717, 1.165) is 31.7 Å². The molecule has 2 heterocycles. The molecule has 2 aromatic rings. The number of thiophene rings is 1. The zero-order valence-corrected chi connectivity index (χ0v) is 13.1. The summed E-state index contributed by atoms with van der Waals surface area (Å²) in [4.78, 5) is 2.29. The highest BCUT2D eigenvalue weighted by molar-refractivity contribution is 7.08. The second kappa shape index (κ2) is 7.22. The van der Waals surface area contributed by atoms with Crippen molar-refractivity contribution in [3.63, 3.8) is 0 Å². The summed E-state index contributed by atoms with van der Waals surface area (Å²) in [6, 6.07) is 6.40. The summed E-state index contributed by atoms with van der Waals surface area (Å²) in [5.74, 6) is -0.379. The number of nitrogens with one attached hydrogen (secondary N) is 1. The molecule has 1 saturated heterocycles. The maximum absolute atomic E-state index is 14.2. The Labute approximate surface area is 133 Å². The molecule has 0 spiro atoms. The third kappa shape index (κ3) is 3.55. The van der Waals surface area contributed by atoms with E-state index in [1.54, 1.807) is 23.5 Å². The fourth-order valence-electron chi connectivity index (χ4n) is 2.70. The van der Waals surface area contributed by atoms with Crippen molar-refractivity contribution in [2.75, 3.05) is 26.2 Å². The smallest absolute Gasteiger partial charge is 0.132 e. The van der Waals surface area contributed by atoms with Crippen molar-refractivity contribution in [2.45, 2.75) is 6.04 Å². The van der Waals surface area contributed by atoms with E-state index >= 15 is 0 Å². The lowest BCUT2D eigenvalue weighted by Crippen LogP contribution is -2.45. The molecule has 3 rings (SSSR count). The summed E-state index contributed by atoms with van der Waals surface area (Å²) in [6.45, 7) is 3.61. The molecule has 6 heteroatoms. The van der Waals surface area contributed by atoms with Crippen LogP contribution in [0.4, 0.5) is 4.39 Å². The van der Waals surface area contributed by atoms with Crippen LogP contribution in [0.1, 0.15) is 17.2 Å². The molecule has 1 atom stereocenters. The first-order valence-corrected chi connectivity index (χ1v) is 7.65. The molecule has 1 aromatic heterocycles. The number of halogens is 2. The number of piperazine rings is 1. The van der Waals surface area contributed by atoms with E-state index in [-0.39, 0.29) is 30.0 Å². The largest absolute Gasteiger partial charge is 0.508 e. The van der Waals surface area contributed by atoms with Crippen LogP contribution in [0.25, 0.3) is 0 Å². The standard InChI is InChI=1S/C15H17FN2OS.ClH/c16-14-9-12(19)1-2-13(14)15(11-3-8-20-10-11)18-6-4-17-5-7-18;/h1-3,8-10,15,17,19H,4-7H2;1H/t15-;/m0./s1. The molecule has 114 valence electrons. The van der Waals surface area contributed by atoms with E-state index in [1.807, 2.05) is 11.4 Å². The minimum absolute atomic E-state index is 0. The van der Waals surface area contributed by atoms with Gasteiger partial charge in [-0.3, -0.25) is 4.90 Å². The molecular weight excluding hydrogens is 311 g/mol. The van der Waals surface area contributed by atoms with Crippen LogP contribution in [0.5, 0.6) is 5.75 Å². The molecule has 0 aliphatic carbocycles. The van der Waals surface area contributed by atoms with Crippen molar-refractivity contribution in [3.05, 3.63) is 52.0 Å². The molecule has 21 heavy (non-hydrogen) atoms. The molecule has 1 aromatic carbocycles. The average molecular weight is 329 g/mol. The van der Waals surface area contributed by atoms with Crippen molar-refractivity contribution >= 4 is 23.7 Å². The van der Waals surface area contributed by atoms with Gasteiger partial charge >= 0.3 is 0 Å². The molecule has 0 unspecified atom stereocenters. The van der Waals surface area contributed by atoms with Gasteiger partial charge in [-0.1, -0.05) is 6.07 Å². The highest BCUT2D eigenvalue weighted by Gasteiger charge is 2.26. The van der Waals surface area contributed by atoms with Gasteiger partial charge in [0.15, 0.2) is 0 Å². The fraction of sp³-hybridized carbons (Fsp3) is 0.333. The highest BCUT2D eigenvalue weighted by atomic mass is 35.5. The lowest BCUT2D eigenvalue weighted by Gasteiger charge is -2.35. The Kier molecular flexibility index (Phi) is 5.58. The van der Waals surface area contributed by atoms with Gasteiger partial charge in [0.1, 0.15) is 11.6 Å². The van der Waals surface area contributed by atoms with E-state index in [9.17, 15) is 9.50 Å². The Morgan fingerprint density at radius 2 is 2.00 bits per heavy atom. The van der Waals surface area contributed by atoms with Crippen molar-refractivity contribution in [2.24, 2.45) is 0 Å². The first-order valence-electron chi connectivity index (χ1n) is 6.71. The summed E-state index contributed by atoms with van der Waals surface area (Å²) in [6.07, 6.45) is 0. The van der Waals surface area contributed by atoms with Gasteiger partial charge in [0.25, 0.3) is 0 Å². The Bertz CT molecular complexity index is 573. The molecule has 1 fully saturated rings. The van der Waals surface area contributed by atoms with E-state index in [0.29, 0.717) is 5.56 Å². The molecule has 0 radical (unpaired) electrons. The maximum atomic E-state index is 14.2. The van der Waals surface area contributed by atoms with Gasteiger partial charge in [-0.05, 0) is 28.5 Å². The number of phenolic OH excluding ortho intramolecular Hbond substituents is 1. The minimum Gasteiger partial charge on any atom is -0.508 e. The normalized spacial score (nSPS) is 17.2. The molecule has 0 bridgehead atoms. The lowest BCUT2D eigenvalue weighted by atomic mass is 9.98. The van der Waals surface area contributed by atoms with Crippen LogP contribution in [-0.2, 0) is 0 Å². The second-order valence-electron chi connectivity index (χ2n) is 4.95. The van der Waals surface area contributed by atoms with E-state index < -0.39 is 0 Å². The van der Waals surface area contributed by atoms with Crippen molar-refractivity contribution in [1.82, 2.24) is 10.2 Å². The van der Waals surface area contributed by atoms with Crippen molar-refractivity contribution < 1.29 is 9.50 Å². The SMILES string of the molecule is Cl.Oc1ccc([C@H](c2ccsc2)N2CCNCC2)c(F)c1. The molecular formula is C15H18ClFN2OS. The molecule has 1 aliphatic rings. The van der Waals surface area contributed by atoms with Crippen LogP contribution < -0.4 is 5.32 Å². The summed E-state index contributed by atoms with van der Waals surface area (Å²) in [5, 5.41) is 16.8. The summed E-state index contributed by atoms with van der Waals surface area (Å²) in [7, 11) is 0. The van der Waals surface area contributed by atoms with Crippen LogP contribution in [0.3, 0.4) is 0 Å². The minimum atomic E-state index is -0.347. The number of rotatable bonds is 3. The monoisotopic (exact) mass is 328 g/mol. The fourth-order valence-corrected chi connectivity index (χ4v) is 3.37. The van der Waals surface area contributed by atoms with Crippen LogP contribution in [0, 0.1) is 5.82 Å². The van der Waals surface area contributed by atoms with Crippen LogP contribution in [-0.4, -0.2) is 36.2 Å². The molecule has 2 N–H and O–H groups in total. The van der Waals surface area contributed by atoms with Gasteiger partial charge in [-0.25, -0.2) is 4.39 Å². The van der Waals surface area contributed by atoms with Gasteiger partial charge in [-0.15, -0.1) is 12.4 Å². The third-order valence-corrected chi connectivity index (χ3v) is 4.36. The number of hydrogen-bond donors (Lipinski definition) is 2. The Hall–Kier alpha value is -1.14. The van der Waals surface area contributed by atoms with Gasteiger partial charge in [0.2, 0.25) is 0 Å². The zero-order chi connectivity index (χ0) is 13.9. The number of nitrogens with zero attached hydrogens (tertiary/aromatic N) is 1. The quantitative estimate of drug-likeness (QED) is 0.909. The Balaban J connectivity index is 0.00000161. The highest BCUT2D eigenvalue weighted by Crippen LogP contribution is 2.33. The summed E-state index contributed by atoms with van der Waals surface area (Å²) < 4.78 is 14.2. The first kappa shape index (κ1) is 16.2. The Morgan fingerprint density at radius 1 is 1.24 bits per heavy atom. The molecule has 0 amide bonds. The number of phenols is 1. The summed E-state index contributed by atoms with van der Waals surface area (Å²) in [5.41, 5.74) is 1.74. The molecule has 0 saturated carbocycles. The van der Waals surface area contributed by atoms with Crippen LogP contribution >= 0.6 is 23.7 Å². The lowest BCUT2D eigenvalue weighted by molar-refractivity contribution is 0.195. The summed E-state index contributed by atoms with van der Waals surface area (Å²) >= 11 is 1.62. The van der Waals surface area contributed by atoms with Gasteiger partial charge in [-0.2, -0.15) is 11.3 Å². The first-order chi connectivity index (χ1) is 9.75. The second-order valence-corrected chi connectivity index (χ2v) is 5.73. The van der Waals surface area contributed by atoms with Crippen molar-refractivity contribution in [1.29, 1.82) is 0 Å². The van der Waals surface area contributed by atoms with Gasteiger partial charge < -0.3 is 10.4 Å². The molecule has 1 aliphatic heterocycles. The van der Waals surface area contributed by atoms with Gasteiger partial charge in [0, 0.05) is 37.8 Å². The Morgan fingerprint density at radius 3 is 2.62 bits per heavy atom. The number of benzene rings is 1. The predicted molar refractivity (Wildman–Crippen MR) is 85.9 cm³/mol. The maximum Gasteiger partial charge on any atom is 0.132 e. The van der Waals surface area contributed by atoms with Gasteiger partial charge in [0.05, 0.1) is 6.04 Å². The zero-order valence-electron chi connectivity index (χ0n) is 11.5. The number of aromatic hydroxyl groups is 1. The topological polar surface area (TPSA) is 35.5 Å².